The van der Waals surface area contributed by atoms with Gasteiger partial charge in [0.05, 0.1) is 16.8 Å². The average molecular weight is 305 g/mol. The van der Waals surface area contributed by atoms with Gasteiger partial charge in [0.15, 0.2) is 5.13 Å². The van der Waals surface area contributed by atoms with Gasteiger partial charge in [-0.15, -0.1) is 0 Å². The van der Waals surface area contributed by atoms with E-state index in [0.717, 1.165) is 33.9 Å². The molecule has 0 bridgehead atoms. The van der Waals surface area contributed by atoms with Crippen molar-refractivity contribution >= 4 is 32.6 Å². The summed E-state index contributed by atoms with van der Waals surface area (Å²) in [6, 6.07) is 5.92. The maximum atomic E-state index is 11.5. The largest absolute Gasteiger partial charge is 0.494 e. The van der Waals surface area contributed by atoms with Gasteiger partial charge in [0.2, 0.25) is 5.91 Å². The number of benzene rings is 1. The molecule has 0 radical (unpaired) electrons. The number of thiazole rings is 1. The molecule has 0 aliphatic heterocycles. The molecule has 1 heterocycles. The van der Waals surface area contributed by atoms with E-state index in [2.05, 4.69) is 15.6 Å². The van der Waals surface area contributed by atoms with Crippen LogP contribution in [0.15, 0.2) is 18.2 Å². The van der Waals surface area contributed by atoms with Crippen LogP contribution in [0.2, 0.25) is 0 Å². The highest BCUT2D eigenvalue weighted by atomic mass is 32.1. The van der Waals surface area contributed by atoms with E-state index >= 15 is 0 Å². The highest BCUT2D eigenvalue weighted by Crippen LogP contribution is 2.29. The van der Waals surface area contributed by atoms with Crippen LogP contribution >= 0.6 is 11.3 Å². The molecule has 0 spiro atoms. The molecule has 1 aromatic heterocycles. The molecule has 2 aromatic rings. The molecule has 1 fully saturated rings. The maximum Gasteiger partial charge on any atom is 0.223 e. The number of aromatic nitrogens is 1. The van der Waals surface area contributed by atoms with Crippen LogP contribution in [0.1, 0.15) is 19.8 Å². The van der Waals surface area contributed by atoms with Gasteiger partial charge in [-0.25, -0.2) is 4.98 Å². The van der Waals surface area contributed by atoms with Crippen LogP contribution in [0.4, 0.5) is 5.13 Å². The highest BCUT2D eigenvalue weighted by Gasteiger charge is 2.28. The predicted molar refractivity (Wildman–Crippen MR) is 85.0 cm³/mol. The number of carbonyl (C=O) groups excluding carboxylic acids is 1. The third kappa shape index (κ3) is 3.64. The van der Waals surface area contributed by atoms with Crippen molar-refractivity contribution in [1.82, 2.24) is 10.3 Å². The monoisotopic (exact) mass is 305 g/mol. The number of ether oxygens (including phenoxy) is 1. The van der Waals surface area contributed by atoms with Crippen molar-refractivity contribution in [2.45, 2.75) is 19.8 Å². The number of anilines is 1. The van der Waals surface area contributed by atoms with Crippen LogP contribution in [0.5, 0.6) is 5.75 Å². The van der Waals surface area contributed by atoms with Gasteiger partial charge in [0.25, 0.3) is 0 Å². The van der Waals surface area contributed by atoms with Crippen molar-refractivity contribution in [1.29, 1.82) is 0 Å². The Morgan fingerprint density at radius 2 is 2.29 bits per heavy atom. The second-order valence-electron chi connectivity index (χ2n) is 5.07. The Balaban J connectivity index is 1.52. The molecule has 0 saturated heterocycles. The van der Waals surface area contributed by atoms with E-state index in [9.17, 15) is 4.79 Å². The zero-order chi connectivity index (χ0) is 14.7. The van der Waals surface area contributed by atoms with Gasteiger partial charge in [-0.05, 0) is 38.0 Å². The Morgan fingerprint density at radius 3 is 3.05 bits per heavy atom. The second kappa shape index (κ2) is 6.30. The van der Waals surface area contributed by atoms with E-state index in [4.69, 9.17) is 4.74 Å². The molecular formula is C15H19N3O2S. The van der Waals surface area contributed by atoms with Gasteiger partial charge in [0, 0.05) is 19.0 Å². The lowest BCUT2D eigenvalue weighted by Crippen LogP contribution is -2.29. The normalized spacial score (nSPS) is 14.1. The van der Waals surface area contributed by atoms with Crippen LogP contribution in [0.25, 0.3) is 10.2 Å². The van der Waals surface area contributed by atoms with Gasteiger partial charge in [-0.1, -0.05) is 11.3 Å². The number of rotatable bonds is 7. The Bertz CT molecular complexity index is 637. The number of hydrogen-bond donors (Lipinski definition) is 2. The first-order chi connectivity index (χ1) is 10.3. The third-order valence-electron chi connectivity index (χ3n) is 3.32. The molecule has 6 heteroatoms. The summed E-state index contributed by atoms with van der Waals surface area (Å²) in [7, 11) is 0. The molecule has 0 unspecified atom stereocenters. The van der Waals surface area contributed by atoms with Gasteiger partial charge < -0.3 is 15.4 Å². The first kappa shape index (κ1) is 14.1. The van der Waals surface area contributed by atoms with Gasteiger partial charge in [-0.2, -0.15) is 0 Å². The zero-order valence-corrected chi connectivity index (χ0v) is 12.8. The van der Waals surface area contributed by atoms with Gasteiger partial charge in [-0.3, -0.25) is 4.79 Å². The highest BCUT2D eigenvalue weighted by molar-refractivity contribution is 7.22. The van der Waals surface area contributed by atoms with Gasteiger partial charge in [0.1, 0.15) is 5.75 Å². The molecule has 2 N–H and O–H groups in total. The SMILES string of the molecule is CCOc1ccc2nc(NCCNC(=O)C3CC3)sc2c1. The number of fused-ring (bicyclic) bond motifs is 1. The van der Waals surface area contributed by atoms with E-state index in [-0.39, 0.29) is 11.8 Å². The van der Waals surface area contributed by atoms with Crippen LogP contribution < -0.4 is 15.4 Å². The molecule has 0 atom stereocenters. The van der Waals surface area contributed by atoms with Crippen molar-refractivity contribution in [3.8, 4) is 5.75 Å². The van der Waals surface area contributed by atoms with Crippen molar-refractivity contribution in [3.63, 3.8) is 0 Å². The van der Waals surface area contributed by atoms with Crippen LogP contribution in [-0.4, -0.2) is 30.6 Å². The minimum absolute atomic E-state index is 0.183. The minimum atomic E-state index is 0.183. The van der Waals surface area contributed by atoms with E-state index < -0.39 is 0 Å². The second-order valence-corrected chi connectivity index (χ2v) is 6.10. The Hall–Kier alpha value is -1.82. The number of amides is 1. The molecule has 112 valence electrons. The molecule has 5 nitrogen and oxygen atoms in total. The molecule has 1 amide bonds. The lowest BCUT2D eigenvalue weighted by molar-refractivity contribution is -0.122. The van der Waals surface area contributed by atoms with E-state index in [1.54, 1.807) is 11.3 Å². The summed E-state index contributed by atoms with van der Waals surface area (Å²) in [5, 5.41) is 7.06. The minimum Gasteiger partial charge on any atom is -0.494 e. The molecular weight excluding hydrogens is 286 g/mol. The molecule has 1 aliphatic carbocycles. The zero-order valence-electron chi connectivity index (χ0n) is 12.0. The number of nitrogens with zero attached hydrogens (tertiary/aromatic N) is 1. The summed E-state index contributed by atoms with van der Waals surface area (Å²) >= 11 is 1.60. The summed E-state index contributed by atoms with van der Waals surface area (Å²) in [4.78, 5) is 16.0. The van der Waals surface area contributed by atoms with Crippen LogP contribution in [0.3, 0.4) is 0 Å². The number of hydrogen-bond acceptors (Lipinski definition) is 5. The molecule has 1 aromatic carbocycles. The van der Waals surface area contributed by atoms with E-state index in [1.165, 1.54) is 0 Å². The fourth-order valence-corrected chi connectivity index (χ4v) is 3.00. The summed E-state index contributed by atoms with van der Waals surface area (Å²) in [5.41, 5.74) is 0.966. The number of carbonyl (C=O) groups is 1. The lowest BCUT2D eigenvalue weighted by atomic mass is 10.3. The summed E-state index contributed by atoms with van der Waals surface area (Å²) in [5.74, 6) is 1.32. The molecule has 1 saturated carbocycles. The lowest BCUT2D eigenvalue weighted by Gasteiger charge is -2.04. The fraction of sp³-hybridized carbons (Fsp3) is 0.467. The number of nitrogens with one attached hydrogen (secondary N) is 2. The Labute approximate surface area is 127 Å². The van der Waals surface area contributed by atoms with Crippen LogP contribution in [-0.2, 0) is 4.79 Å². The van der Waals surface area contributed by atoms with E-state index in [0.29, 0.717) is 19.7 Å². The fourth-order valence-electron chi connectivity index (χ4n) is 2.08. The summed E-state index contributed by atoms with van der Waals surface area (Å²) < 4.78 is 6.59. The standard InChI is InChI=1S/C15H19N3O2S/c1-2-20-11-5-6-12-13(9-11)21-15(18-12)17-8-7-16-14(19)10-3-4-10/h5-6,9-10H,2-4,7-8H2,1H3,(H,16,19)(H,17,18). The first-order valence-electron chi connectivity index (χ1n) is 7.31. The summed E-state index contributed by atoms with van der Waals surface area (Å²) in [6.45, 7) is 3.96. The topological polar surface area (TPSA) is 63.2 Å². The predicted octanol–water partition coefficient (Wildman–Crippen LogP) is 2.63. The average Bonchev–Trinajstić information content (AvgIpc) is 3.24. The third-order valence-corrected chi connectivity index (χ3v) is 4.30. The van der Waals surface area contributed by atoms with Crippen molar-refractivity contribution in [2.75, 3.05) is 25.0 Å². The quantitative estimate of drug-likeness (QED) is 0.772. The van der Waals surface area contributed by atoms with Gasteiger partial charge >= 0.3 is 0 Å². The maximum absolute atomic E-state index is 11.5. The van der Waals surface area contributed by atoms with E-state index in [1.807, 2.05) is 25.1 Å². The first-order valence-corrected chi connectivity index (χ1v) is 8.13. The Kier molecular flexibility index (Phi) is 4.24. The van der Waals surface area contributed by atoms with Crippen LogP contribution in [0, 0.1) is 5.92 Å². The van der Waals surface area contributed by atoms with Crippen molar-refractivity contribution in [2.24, 2.45) is 5.92 Å². The smallest absolute Gasteiger partial charge is 0.223 e. The van der Waals surface area contributed by atoms with Crippen molar-refractivity contribution < 1.29 is 9.53 Å². The van der Waals surface area contributed by atoms with Crippen molar-refractivity contribution in [3.05, 3.63) is 18.2 Å². The molecule has 3 rings (SSSR count). The molecule has 1 aliphatic rings. The Morgan fingerprint density at radius 1 is 1.43 bits per heavy atom. The summed E-state index contributed by atoms with van der Waals surface area (Å²) in [6.07, 6.45) is 2.08. The molecule has 21 heavy (non-hydrogen) atoms.